The first-order valence-corrected chi connectivity index (χ1v) is 11.8. The molecule has 0 saturated heterocycles. The second-order valence-corrected chi connectivity index (χ2v) is 10.1. The second kappa shape index (κ2) is 11.3. The van der Waals surface area contributed by atoms with Crippen LogP contribution in [0.5, 0.6) is 0 Å². The molecular weight excluding hydrogens is 580 g/mol. The van der Waals surface area contributed by atoms with Crippen LogP contribution >= 0.6 is 46.4 Å². The van der Waals surface area contributed by atoms with Gasteiger partial charge in [-0.25, -0.2) is 17.6 Å². The molecule has 5 nitrogen and oxygen atoms in total. The second-order valence-electron chi connectivity index (χ2n) is 7.86. The molecule has 0 aromatic heterocycles. The molecule has 2 amide bonds. The van der Waals surface area contributed by atoms with Gasteiger partial charge >= 0.3 is 0 Å². The molecular formula is C24H17Cl4F4N3O2. The molecule has 4 N–H and O–H groups in total. The van der Waals surface area contributed by atoms with Crippen LogP contribution in [-0.4, -0.2) is 22.8 Å². The van der Waals surface area contributed by atoms with E-state index in [1.807, 2.05) is 0 Å². The third-order valence-corrected chi connectivity index (χ3v) is 6.99. The summed E-state index contributed by atoms with van der Waals surface area (Å²) in [4.78, 5) is 25.6. The molecule has 13 heteroatoms. The Morgan fingerprint density at radius 1 is 1.14 bits per heavy atom. The van der Waals surface area contributed by atoms with Crippen LogP contribution in [0.25, 0.3) is 0 Å². The third kappa shape index (κ3) is 6.06. The summed E-state index contributed by atoms with van der Waals surface area (Å²) < 4.78 is 53.5. The van der Waals surface area contributed by atoms with Crippen LogP contribution in [0.15, 0.2) is 66.3 Å². The smallest absolute Gasteiger partial charge is 0.257 e. The lowest BCUT2D eigenvalue weighted by Crippen LogP contribution is -2.25. The van der Waals surface area contributed by atoms with E-state index < -0.39 is 74.1 Å². The molecule has 1 aliphatic rings. The first-order valence-electron chi connectivity index (χ1n) is 10.3. The largest absolute Gasteiger partial charge is 0.397 e. The fraction of sp³-hybridized carbons (Fsp3) is 0.167. The van der Waals surface area contributed by atoms with E-state index in [1.54, 1.807) is 0 Å². The number of halogens is 8. The van der Waals surface area contributed by atoms with Crippen LogP contribution in [-0.2, 0) is 4.79 Å². The zero-order valence-corrected chi connectivity index (χ0v) is 21.6. The molecule has 196 valence electrons. The van der Waals surface area contributed by atoms with Gasteiger partial charge in [0.25, 0.3) is 5.91 Å². The molecule has 1 saturated carbocycles. The number of nitrogens with two attached hydrogens (primary N) is 1. The Morgan fingerprint density at radius 3 is 2.41 bits per heavy atom. The van der Waals surface area contributed by atoms with Gasteiger partial charge in [-0.15, -0.1) is 23.2 Å². The Kier molecular flexibility index (Phi) is 8.85. The van der Waals surface area contributed by atoms with Gasteiger partial charge in [0.1, 0.15) is 22.6 Å². The van der Waals surface area contributed by atoms with Gasteiger partial charge < -0.3 is 16.4 Å². The van der Waals surface area contributed by atoms with Crippen molar-refractivity contribution in [2.24, 2.45) is 11.7 Å². The van der Waals surface area contributed by atoms with E-state index >= 15 is 0 Å². The Morgan fingerprint density at radius 2 is 1.81 bits per heavy atom. The number of benzene rings is 2. The Hall–Kier alpha value is -2.72. The lowest BCUT2D eigenvalue weighted by molar-refractivity contribution is -0.117. The highest BCUT2D eigenvalue weighted by atomic mass is 35.5. The number of rotatable bonds is 8. The summed E-state index contributed by atoms with van der Waals surface area (Å²) in [5.41, 5.74) is 3.62. The highest BCUT2D eigenvalue weighted by Crippen LogP contribution is 2.65. The Bertz CT molecular complexity index is 1350. The summed E-state index contributed by atoms with van der Waals surface area (Å²) in [5, 5.41) is 3.69. The molecule has 1 fully saturated rings. The summed E-state index contributed by atoms with van der Waals surface area (Å²) in [6, 6.07) is 5.63. The summed E-state index contributed by atoms with van der Waals surface area (Å²) in [6.07, 6.45) is 2.10. The minimum Gasteiger partial charge on any atom is -0.397 e. The molecule has 0 aliphatic heterocycles. The first-order chi connectivity index (χ1) is 17.3. The van der Waals surface area contributed by atoms with Crippen LogP contribution in [0.4, 0.5) is 23.2 Å². The molecule has 1 aliphatic carbocycles. The van der Waals surface area contributed by atoms with Gasteiger partial charge in [0.05, 0.1) is 32.9 Å². The van der Waals surface area contributed by atoms with E-state index in [4.69, 9.17) is 52.1 Å². The first kappa shape index (κ1) is 28.8. The molecule has 37 heavy (non-hydrogen) atoms. The average molecular weight is 597 g/mol. The maximum atomic E-state index is 14.5. The number of hydrogen-bond donors (Lipinski definition) is 3. The van der Waals surface area contributed by atoms with Crippen LogP contribution in [0.3, 0.4) is 0 Å². The topological polar surface area (TPSA) is 84.2 Å². The van der Waals surface area contributed by atoms with Gasteiger partial charge in [-0.2, -0.15) is 0 Å². The maximum Gasteiger partial charge on any atom is 0.257 e. The van der Waals surface area contributed by atoms with Crippen molar-refractivity contribution in [1.82, 2.24) is 5.32 Å². The van der Waals surface area contributed by atoms with Gasteiger partial charge in [0.15, 0.2) is 5.83 Å². The number of alkyl halides is 3. The summed E-state index contributed by atoms with van der Waals surface area (Å²) in [5.74, 6) is -6.63. The van der Waals surface area contributed by atoms with E-state index in [-0.39, 0.29) is 10.7 Å². The van der Waals surface area contributed by atoms with E-state index in [0.29, 0.717) is 5.56 Å². The molecule has 0 bridgehead atoms. The standard InChI is InChI=1S/C24H17Cl4F4N3O2/c1-2-3-17(21(32)16(33)9-29)35-22(36)12-7-11(8-15(31)20(12)26)34-23(37)19-18(24(19,27)28)10-4-5-14(30)13(25)6-10/h2-8,18-19H,1,9,33H2,(H,34,37)(H,35,36)/b17-3+,21-16-/t18-,19+/m0/s1. The zero-order valence-electron chi connectivity index (χ0n) is 18.5. The number of carbonyl (C=O) groups is 2. The number of allylic oxidation sites excluding steroid dienone is 4. The van der Waals surface area contributed by atoms with Gasteiger partial charge in [0, 0.05) is 11.6 Å². The molecule has 0 unspecified atom stereocenters. The quantitative estimate of drug-likeness (QED) is 0.180. The van der Waals surface area contributed by atoms with Crippen molar-refractivity contribution < 1.29 is 27.2 Å². The number of amides is 2. The highest BCUT2D eigenvalue weighted by molar-refractivity contribution is 6.53. The normalized spacial score (nSPS) is 19.1. The molecule has 0 radical (unpaired) electrons. The van der Waals surface area contributed by atoms with Crippen molar-refractivity contribution in [3.05, 3.63) is 99.1 Å². The van der Waals surface area contributed by atoms with Crippen LogP contribution in [0.2, 0.25) is 10.0 Å². The minimum absolute atomic E-state index is 0.187. The van der Waals surface area contributed by atoms with Crippen molar-refractivity contribution in [2.45, 2.75) is 10.3 Å². The predicted molar refractivity (Wildman–Crippen MR) is 136 cm³/mol. The number of anilines is 1. The SMILES string of the molecule is C=C/C=C(NC(=O)c1cc(NC(=O)[C@H]2[C@H](c3ccc(F)c(Cl)c3)C2(Cl)Cl)cc(F)c1Cl)\C(F)=C(\N)CF. The van der Waals surface area contributed by atoms with Gasteiger partial charge in [0.2, 0.25) is 5.91 Å². The number of nitrogens with one attached hydrogen (secondary N) is 2. The van der Waals surface area contributed by atoms with Crippen molar-refractivity contribution in [2.75, 3.05) is 12.0 Å². The van der Waals surface area contributed by atoms with Crippen LogP contribution in [0.1, 0.15) is 21.8 Å². The van der Waals surface area contributed by atoms with E-state index in [2.05, 4.69) is 17.2 Å². The van der Waals surface area contributed by atoms with Crippen molar-refractivity contribution in [3.8, 4) is 0 Å². The minimum atomic E-state index is -1.57. The molecule has 2 aromatic rings. The number of carbonyl (C=O) groups excluding carboxylic acids is 2. The monoisotopic (exact) mass is 595 g/mol. The molecule has 2 atom stereocenters. The van der Waals surface area contributed by atoms with E-state index in [1.165, 1.54) is 12.1 Å². The summed E-state index contributed by atoms with van der Waals surface area (Å²) in [7, 11) is 0. The fourth-order valence-electron chi connectivity index (χ4n) is 3.53. The molecule has 3 rings (SSSR count). The van der Waals surface area contributed by atoms with Gasteiger partial charge in [-0.05, 0) is 35.9 Å². The molecule has 2 aromatic carbocycles. The third-order valence-electron chi connectivity index (χ3n) is 5.37. The Labute approximate surface area is 228 Å². The van der Waals surface area contributed by atoms with Crippen LogP contribution in [0, 0.1) is 17.6 Å². The van der Waals surface area contributed by atoms with E-state index in [0.717, 1.165) is 30.4 Å². The van der Waals surface area contributed by atoms with Crippen molar-refractivity contribution in [1.29, 1.82) is 0 Å². The summed E-state index contributed by atoms with van der Waals surface area (Å²) in [6.45, 7) is 2.03. The molecule has 0 spiro atoms. The maximum absolute atomic E-state index is 14.5. The van der Waals surface area contributed by atoms with Crippen LogP contribution < -0.4 is 16.4 Å². The highest BCUT2D eigenvalue weighted by Gasteiger charge is 2.67. The number of hydrogen-bond acceptors (Lipinski definition) is 3. The van der Waals surface area contributed by atoms with Gasteiger partial charge in [-0.1, -0.05) is 41.9 Å². The average Bonchev–Trinajstić information content (AvgIpc) is 3.43. The predicted octanol–water partition coefficient (Wildman–Crippen LogP) is 6.71. The lowest BCUT2D eigenvalue weighted by Gasteiger charge is -2.13. The summed E-state index contributed by atoms with van der Waals surface area (Å²) >= 11 is 24.3. The van der Waals surface area contributed by atoms with Gasteiger partial charge in [-0.3, -0.25) is 9.59 Å². The lowest BCUT2D eigenvalue weighted by atomic mass is 10.1. The van der Waals surface area contributed by atoms with Crippen molar-refractivity contribution in [3.63, 3.8) is 0 Å². The molecule has 0 heterocycles. The van der Waals surface area contributed by atoms with E-state index in [9.17, 15) is 27.2 Å². The fourth-order valence-corrected chi connectivity index (χ4v) is 4.74. The van der Waals surface area contributed by atoms with Crippen molar-refractivity contribution >= 4 is 63.9 Å². The Balaban J connectivity index is 1.85. The zero-order chi connectivity index (χ0) is 27.7.